The van der Waals surface area contributed by atoms with Crippen molar-refractivity contribution in [2.45, 2.75) is 51.9 Å². The Labute approximate surface area is 456 Å². The third-order valence-electron chi connectivity index (χ3n) is 12.1. The minimum absolute atomic E-state index is 0. The van der Waals surface area contributed by atoms with E-state index >= 15 is 0 Å². The van der Waals surface area contributed by atoms with E-state index in [9.17, 15) is 8.42 Å². The summed E-state index contributed by atoms with van der Waals surface area (Å²) in [4.78, 5) is 16.2. The summed E-state index contributed by atoms with van der Waals surface area (Å²) in [6.45, 7) is 14.6. The molecule has 1 N–H and O–H groups in total. The quantitative estimate of drug-likeness (QED) is 0.0431. The van der Waals surface area contributed by atoms with Gasteiger partial charge in [0.2, 0.25) is 0 Å². The van der Waals surface area contributed by atoms with Crippen LogP contribution in [-0.4, -0.2) is 126 Å². The number of piperazine rings is 2. The number of fused-ring (bicyclic) bond motifs is 3. The van der Waals surface area contributed by atoms with E-state index in [1.54, 1.807) is 23.1 Å². The summed E-state index contributed by atoms with van der Waals surface area (Å²) < 4.78 is 66.9. The number of rotatable bonds is 7. The smallest absolute Gasteiger partial charge is 1.00 e. The minimum Gasteiger partial charge on any atom is -1.00 e. The maximum absolute atomic E-state index is 10.8. The van der Waals surface area contributed by atoms with Gasteiger partial charge < -0.3 is 35.7 Å². The molecule has 1 spiro atoms. The molecular formula is C40H60K2N6O9S4. The Hall–Kier alpha value is 0.263. The molecule has 4 atom stereocenters. The standard InChI is InChI=1S/C18H24N3S.C11H13N3S.C9H18O3S.CH4O3S.CH2O3.2K.H/c1-2-7-17-16(6-1)18(19-22-17)20-8-10-21(11-9-20)12-14-4-3-5-15(14)13-21;1-2-4-10-9(3-1)11(13-15-10)14-7-5-12-6-8-14;1-3-8-5-4-6-9(8)7-12-13(2,10)11;1-5(2,3)4;2-1-4-3;;;/h1-2,6-7,14-15H,3-5,8-13H2;1-4,12H,5-8H2;8-9H,3-7H2,1-2H3;1H3,(H,2,3,4);1,3H;;;/q+1;;;;;2*+1;-1/p-2/t14-,15-;;8-,9+;;;;;/m1.0...../s1. The first-order valence-electron chi connectivity index (χ1n) is 20.4. The fourth-order valence-electron chi connectivity index (χ4n) is 9.29. The number of hydrogen-bond donors (Lipinski definition) is 1. The van der Waals surface area contributed by atoms with Crippen LogP contribution in [0.5, 0.6) is 0 Å². The van der Waals surface area contributed by atoms with Gasteiger partial charge in [-0.25, -0.2) is 8.42 Å². The summed E-state index contributed by atoms with van der Waals surface area (Å²) in [7, 11) is -7.16. The van der Waals surface area contributed by atoms with Crippen LogP contribution in [0, 0.1) is 23.7 Å². The Kier molecular flexibility index (Phi) is 24.8. The van der Waals surface area contributed by atoms with Gasteiger partial charge in [0, 0.05) is 55.0 Å². The number of hydrogen-bond acceptors (Lipinski definition) is 16. The van der Waals surface area contributed by atoms with Gasteiger partial charge in [-0.3, -0.25) is 8.98 Å². The summed E-state index contributed by atoms with van der Waals surface area (Å²) in [6.07, 6.45) is 10.9. The van der Waals surface area contributed by atoms with E-state index in [-0.39, 0.29) is 111 Å². The summed E-state index contributed by atoms with van der Waals surface area (Å²) in [6, 6.07) is 17.1. The number of nitrogens with zero attached hydrogens (tertiary/aromatic N) is 5. The summed E-state index contributed by atoms with van der Waals surface area (Å²) in [5.74, 6) is 5.62. The zero-order valence-corrected chi connectivity index (χ0v) is 45.8. The van der Waals surface area contributed by atoms with Crippen LogP contribution in [0.25, 0.3) is 20.2 Å². The van der Waals surface area contributed by atoms with Crippen LogP contribution in [0.1, 0.15) is 53.3 Å². The van der Waals surface area contributed by atoms with Crippen molar-refractivity contribution in [2.75, 3.05) is 94.4 Å². The average molecular weight is 975 g/mol. The molecule has 2 aromatic heterocycles. The summed E-state index contributed by atoms with van der Waals surface area (Å²) >= 11 is 3.24. The molecule has 2 aromatic carbocycles. The second kappa shape index (κ2) is 27.2. The van der Waals surface area contributed by atoms with Crippen LogP contribution in [0.2, 0.25) is 0 Å². The third kappa shape index (κ3) is 17.8. The van der Waals surface area contributed by atoms with Gasteiger partial charge in [0.25, 0.3) is 16.6 Å². The van der Waals surface area contributed by atoms with E-state index in [1.807, 2.05) is 0 Å². The molecule has 3 saturated heterocycles. The third-order valence-corrected chi connectivity index (χ3v) is 14.3. The number of carbonyl (C=O) groups is 1. The van der Waals surface area contributed by atoms with E-state index in [1.165, 1.54) is 102 Å². The molecule has 5 fully saturated rings. The van der Waals surface area contributed by atoms with Gasteiger partial charge in [-0.1, -0.05) is 56.9 Å². The second-order valence-corrected chi connectivity index (χ2v) is 20.7. The van der Waals surface area contributed by atoms with Gasteiger partial charge in [0.1, 0.15) is 5.82 Å². The first kappa shape index (κ1) is 55.6. The molecule has 61 heavy (non-hydrogen) atoms. The van der Waals surface area contributed by atoms with Crippen LogP contribution in [0.3, 0.4) is 0 Å². The van der Waals surface area contributed by atoms with Crippen LogP contribution < -0.4 is 123 Å². The second-order valence-electron chi connectivity index (χ2n) is 16.1. The summed E-state index contributed by atoms with van der Waals surface area (Å²) in [5.41, 5.74) is 0. The van der Waals surface area contributed by atoms with Gasteiger partial charge in [-0.05, 0) is 78.4 Å². The van der Waals surface area contributed by atoms with Crippen molar-refractivity contribution in [3.05, 3.63) is 48.5 Å². The SMILES string of the molecule is CC[C@H]1CCC[C@@H]1COS(C)(=O)=O.CS(=O)(=O)[O-].O=CO[O-].[H-].[K+].[K+].c1ccc2c(N3CCNCC3)nsc2c1.c1ccc2c(N3CC[N+]4(CC3)C[C@H]3CCC[C@@H]3C4)nsc2c1. The van der Waals surface area contributed by atoms with Gasteiger partial charge in [-0.2, -0.15) is 17.2 Å². The van der Waals surface area contributed by atoms with Gasteiger partial charge in [0.05, 0.1) is 71.6 Å². The molecule has 5 heterocycles. The molecule has 330 valence electrons. The molecule has 5 aliphatic rings. The molecule has 21 heteroatoms. The predicted molar refractivity (Wildman–Crippen MR) is 233 cm³/mol. The van der Waals surface area contributed by atoms with Crippen molar-refractivity contribution in [1.29, 1.82) is 0 Å². The van der Waals surface area contributed by atoms with Crippen molar-refractivity contribution in [2.24, 2.45) is 23.7 Å². The van der Waals surface area contributed by atoms with E-state index < -0.39 is 20.2 Å². The minimum atomic E-state index is -3.92. The van der Waals surface area contributed by atoms with Crippen LogP contribution >= 0.6 is 23.1 Å². The average Bonchev–Trinajstić information content (AvgIpc) is 4.07. The normalized spacial score (nSPS) is 22.7. The molecule has 2 aliphatic carbocycles. The van der Waals surface area contributed by atoms with Crippen molar-refractivity contribution in [3.63, 3.8) is 0 Å². The first-order valence-corrected chi connectivity index (χ1v) is 25.6. The van der Waals surface area contributed by atoms with Crippen molar-refractivity contribution < 1.29 is 149 Å². The van der Waals surface area contributed by atoms with E-state index in [0.717, 1.165) is 62.9 Å². The Morgan fingerprint density at radius 3 is 1.70 bits per heavy atom. The first-order chi connectivity index (χ1) is 28.2. The molecule has 0 radical (unpaired) electrons. The molecular weight excluding hydrogens is 915 g/mol. The predicted octanol–water partition coefficient (Wildman–Crippen LogP) is -1.43. The van der Waals surface area contributed by atoms with Crippen molar-refractivity contribution in [3.8, 4) is 0 Å². The van der Waals surface area contributed by atoms with E-state index in [4.69, 9.17) is 31.6 Å². The molecule has 3 aliphatic heterocycles. The number of anilines is 2. The summed E-state index contributed by atoms with van der Waals surface area (Å²) in [5, 5.41) is 14.4. The molecule has 0 amide bonds. The molecule has 4 aromatic rings. The number of carbonyl (C=O) groups excluding carboxylic acids is 1. The number of quaternary nitrogens is 1. The number of nitrogens with one attached hydrogen (secondary N) is 1. The molecule has 15 nitrogen and oxygen atoms in total. The van der Waals surface area contributed by atoms with Crippen LogP contribution in [0.15, 0.2) is 48.5 Å². The molecule has 0 bridgehead atoms. The zero-order chi connectivity index (χ0) is 42.5. The Balaban J connectivity index is 0.000000294. The Morgan fingerprint density at radius 2 is 1.25 bits per heavy atom. The van der Waals surface area contributed by atoms with Crippen LogP contribution in [0.4, 0.5) is 11.6 Å². The van der Waals surface area contributed by atoms with Crippen LogP contribution in [-0.2, 0) is 34.1 Å². The van der Waals surface area contributed by atoms with Gasteiger partial charge in [-0.15, -0.1) is 0 Å². The molecule has 9 rings (SSSR count). The van der Waals surface area contributed by atoms with Crippen molar-refractivity contribution in [1.82, 2.24) is 14.1 Å². The van der Waals surface area contributed by atoms with E-state index in [2.05, 4.69) is 79.8 Å². The number of aromatic nitrogens is 2. The van der Waals surface area contributed by atoms with E-state index in [0.29, 0.717) is 24.7 Å². The number of benzene rings is 2. The fraction of sp³-hybridized carbons (Fsp3) is 0.625. The largest absolute Gasteiger partial charge is 1.00 e. The monoisotopic (exact) mass is 974 g/mol. The molecule has 2 saturated carbocycles. The fourth-order valence-corrected chi connectivity index (χ4v) is 11.3. The maximum Gasteiger partial charge on any atom is 1.00 e. The van der Waals surface area contributed by atoms with Gasteiger partial charge in [0.15, 0.2) is 5.82 Å². The molecule has 0 unspecified atom stereocenters. The van der Waals surface area contributed by atoms with Crippen molar-refractivity contribution >= 4 is 81.6 Å². The maximum atomic E-state index is 10.8. The Morgan fingerprint density at radius 1 is 0.803 bits per heavy atom. The van der Waals surface area contributed by atoms with Gasteiger partial charge >= 0.3 is 103 Å². The zero-order valence-electron chi connectivity index (χ0n) is 37.3. The topological polar surface area (TPSA) is 194 Å². The Bertz CT molecular complexity index is 2120.